The smallest absolute Gasteiger partial charge is 0.254 e. The maximum absolute atomic E-state index is 11.2. The Morgan fingerprint density at radius 2 is 1.50 bits per heavy atom. The molecule has 18 heavy (non-hydrogen) atoms. The van der Waals surface area contributed by atoms with Gasteiger partial charge in [0.25, 0.3) is 10.1 Å². The van der Waals surface area contributed by atoms with E-state index < -0.39 is 40.0 Å². The van der Waals surface area contributed by atoms with Gasteiger partial charge in [0.2, 0.25) is 9.28 Å². The van der Waals surface area contributed by atoms with Crippen molar-refractivity contribution in [2.24, 2.45) is 0 Å². The molecule has 0 saturated heterocycles. The number of hydrogen-bond acceptors (Lipinski definition) is 3. The summed E-state index contributed by atoms with van der Waals surface area (Å²) < 4.78 is 27.5. The third-order valence-electron chi connectivity index (χ3n) is 2.05. The second kappa shape index (κ2) is 6.93. The molecule has 0 amide bonds. The van der Waals surface area contributed by atoms with Crippen LogP contribution in [0.5, 0.6) is 0 Å². The molecular weight excluding hydrogens is 361 g/mol. The van der Waals surface area contributed by atoms with E-state index >= 15 is 0 Å². The zero-order valence-corrected chi connectivity index (χ0v) is 19.9. The van der Waals surface area contributed by atoms with Crippen molar-refractivity contribution in [2.45, 2.75) is 39.3 Å². The summed E-state index contributed by atoms with van der Waals surface area (Å²) in [5.41, 5.74) is 0. The Hall–Kier alpha value is 1.43. The van der Waals surface area contributed by atoms with Crippen LogP contribution in [0.2, 0.25) is 39.3 Å². The lowest BCUT2D eigenvalue weighted by Crippen LogP contribution is -2.62. The molecule has 0 aliphatic carbocycles. The van der Waals surface area contributed by atoms with Gasteiger partial charge in [-0.1, -0.05) is 39.3 Å². The van der Waals surface area contributed by atoms with Gasteiger partial charge in [-0.05, 0) is 0 Å². The monoisotopic (exact) mass is 381 g/mol. The summed E-state index contributed by atoms with van der Waals surface area (Å²) in [4.78, 5) is 0. The predicted octanol–water partition coefficient (Wildman–Crippen LogP) is 0.264. The molecule has 0 heterocycles. The molecule has 0 rings (SSSR count). The molecule has 0 aliphatic heterocycles. The first-order valence-corrected chi connectivity index (χ1v) is 25.8. The van der Waals surface area contributed by atoms with Crippen LogP contribution in [-0.2, 0) is 14.0 Å². The van der Waals surface area contributed by atoms with Crippen LogP contribution in [0, 0.1) is 0 Å². The molecule has 0 spiro atoms. The van der Waals surface area contributed by atoms with Crippen LogP contribution >= 0.6 is 0 Å². The van der Waals surface area contributed by atoms with Gasteiger partial charge < -0.3 is 3.87 Å². The average molecular weight is 382 g/mol. The van der Waals surface area contributed by atoms with Crippen molar-refractivity contribution in [3.05, 3.63) is 0 Å². The van der Waals surface area contributed by atoms with E-state index in [4.69, 9.17) is 3.87 Å². The molecule has 0 unspecified atom stereocenters. The summed E-state index contributed by atoms with van der Waals surface area (Å²) in [7, 11) is -1.63. The molecule has 0 atom stereocenters. The van der Waals surface area contributed by atoms with Crippen molar-refractivity contribution >= 4 is 67.6 Å². The van der Waals surface area contributed by atoms with E-state index in [2.05, 4.69) is 49.0 Å². The summed E-state index contributed by atoms with van der Waals surface area (Å²) in [6, 6.07) is 0. The molecule has 0 fully saturated rings. The maximum atomic E-state index is 11.2. The van der Waals surface area contributed by atoms with Gasteiger partial charge >= 0.3 is 0 Å². The minimum absolute atomic E-state index is 0.203. The van der Waals surface area contributed by atoms with Crippen molar-refractivity contribution in [3.8, 4) is 0 Å². The second-order valence-electron chi connectivity index (χ2n) is 6.26. The number of hydrogen-bond donors (Lipinski definition) is 0. The fourth-order valence-electron chi connectivity index (χ4n) is 0.796. The SMILES string of the molecule is C[Si](C)(C)[Si]([Si])[Si][Si]([Si]OS(C)(=O)=O)[Si](C)(C)C. The highest BCUT2D eigenvalue weighted by molar-refractivity contribution is 7.90. The van der Waals surface area contributed by atoms with E-state index in [1.54, 1.807) is 0 Å². The minimum Gasteiger partial charge on any atom is -0.321 e. The normalized spacial score (nSPS) is 14.6. The van der Waals surface area contributed by atoms with E-state index in [1.807, 2.05) is 0 Å². The lowest BCUT2D eigenvalue weighted by Gasteiger charge is -2.31. The van der Waals surface area contributed by atoms with Crippen LogP contribution in [0.1, 0.15) is 0 Å². The van der Waals surface area contributed by atoms with Gasteiger partial charge in [-0.25, -0.2) is 8.42 Å². The lowest BCUT2D eigenvalue weighted by atomic mass is 11.8. The molecule has 0 aromatic carbocycles. The third-order valence-corrected chi connectivity index (χ3v) is 66.0. The van der Waals surface area contributed by atoms with Crippen LogP contribution in [0.3, 0.4) is 0 Å². The Labute approximate surface area is 125 Å². The molecule has 0 N–H and O–H groups in total. The molecule has 0 saturated carbocycles. The zero-order valence-electron chi connectivity index (χ0n) is 12.1. The molecule has 3 nitrogen and oxygen atoms in total. The predicted molar refractivity (Wildman–Crippen MR) is 91.4 cm³/mol. The summed E-state index contributed by atoms with van der Waals surface area (Å²) in [5.74, 6) is 0. The summed E-state index contributed by atoms with van der Waals surface area (Å²) in [6.45, 7) is 14.2. The topological polar surface area (TPSA) is 43.4 Å². The zero-order chi connectivity index (χ0) is 14.8. The van der Waals surface area contributed by atoms with Gasteiger partial charge in [0.15, 0.2) is 0 Å². The van der Waals surface area contributed by atoms with E-state index in [1.165, 1.54) is 0 Å². The summed E-state index contributed by atoms with van der Waals surface area (Å²) >= 11 is 0. The molecule has 0 aromatic heterocycles. The highest BCUT2D eigenvalue weighted by atomic mass is 32.2. The second-order valence-corrected chi connectivity index (χ2v) is 49.9. The fourth-order valence-corrected chi connectivity index (χ4v) is 72.4. The van der Waals surface area contributed by atoms with Crippen LogP contribution in [0.15, 0.2) is 0 Å². The van der Waals surface area contributed by atoms with Crippen molar-refractivity contribution in [1.29, 1.82) is 0 Å². The van der Waals surface area contributed by atoms with Gasteiger partial charge in [0.05, 0.1) is 13.6 Å². The quantitative estimate of drug-likeness (QED) is 0.594. The Morgan fingerprint density at radius 3 is 1.78 bits per heavy atom. The van der Waals surface area contributed by atoms with Crippen molar-refractivity contribution in [3.63, 3.8) is 0 Å². The first-order valence-electron chi connectivity index (χ1n) is 5.61. The van der Waals surface area contributed by atoms with Gasteiger partial charge in [0, 0.05) is 40.8 Å². The Bertz CT molecular complexity index is 358. The van der Waals surface area contributed by atoms with Gasteiger partial charge in [-0.15, -0.1) is 0 Å². The van der Waals surface area contributed by atoms with Gasteiger partial charge in [0.1, 0.15) is 0 Å². The molecule has 0 bridgehead atoms. The number of rotatable bonds is 7. The van der Waals surface area contributed by atoms with E-state index in [-0.39, 0.29) is 9.28 Å². The van der Waals surface area contributed by atoms with Crippen LogP contribution in [-0.4, -0.2) is 72.2 Å². The van der Waals surface area contributed by atoms with Gasteiger partial charge in [-0.3, -0.25) is 0 Å². The minimum atomic E-state index is -3.28. The lowest BCUT2D eigenvalue weighted by molar-refractivity contribution is 0.513. The van der Waals surface area contributed by atoms with Crippen LogP contribution in [0.25, 0.3) is 0 Å². The van der Waals surface area contributed by atoms with Gasteiger partial charge in [-0.2, -0.15) is 0 Å². The fraction of sp³-hybridized carbons (Fsp3) is 1.00. The van der Waals surface area contributed by atoms with E-state index in [9.17, 15) is 8.42 Å². The van der Waals surface area contributed by atoms with Crippen molar-refractivity contribution in [1.82, 2.24) is 0 Å². The maximum Gasteiger partial charge on any atom is 0.254 e. The highest BCUT2D eigenvalue weighted by Gasteiger charge is 2.36. The molecule has 11 heteroatoms. The van der Waals surface area contributed by atoms with Crippen molar-refractivity contribution < 1.29 is 12.3 Å². The Morgan fingerprint density at radius 1 is 1.06 bits per heavy atom. The Balaban J connectivity index is 4.73. The average Bonchev–Trinajstić information content (AvgIpc) is 2.06. The van der Waals surface area contributed by atoms with E-state index in [0.717, 1.165) is 14.8 Å². The molecule has 101 valence electrons. The van der Waals surface area contributed by atoms with Crippen molar-refractivity contribution in [2.75, 3.05) is 6.26 Å². The summed E-state index contributed by atoms with van der Waals surface area (Å²) in [6.07, 6.45) is 1.16. The Kier molecular flexibility index (Phi) is 7.48. The standard InChI is InChI=1S/C7H21O3SSi7/c1-11(8,9)10-13-16(18(5,6)7)14-15(12)17(2,3)4/h1-7H3. The first-order chi connectivity index (χ1) is 7.73. The summed E-state index contributed by atoms with van der Waals surface area (Å²) in [5, 5.41) is 0. The first kappa shape index (κ1) is 19.4. The van der Waals surface area contributed by atoms with Crippen LogP contribution < -0.4 is 0 Å². The largest absolute Gasteiger partial charge is 0.321 e. The molecule has 0 aliphatic rings. The molecule has 0 aromatic rings. The molecular formula is C7H21O3SSi7. The molecule has 9 radical (unpaired) electrons. The third kappa shape index (κ3) is 8.57. The highest BCUT2D eigenvalue weighted by Crippen LogP contribution is 2.10. The van der Waals surface area contributed by atoms with E-state index in [0.29, 0.717) is 0 Å². The van der Waals surface area contributed by atoms with Crippen LogP contribution in [0.4, 0.5) is 0 Å².